The van der Waals surface area contributed by atoms with E-state index in [4.69, 9.17) is 5.73 Å². The Morgan fingerprint density at radius 1 is 1.38 bits per heavy atom. The van der Waals surface area contributed by atoms with Crippen molar-refractivity contribution in [1.82, 2.24) is 9.97 Å². The molecule has 0 radical (unpaired) electrons. The third-order valence-corrected chi connectivity index (χ3v) is 3.27. The number of thiazole rings is 1. The summed E-state index contributed by atoms with van der Waals surface area (Å²) in [6.45, 7) is 6.04. The van der Waals surface area contributed by atoms with Gasteiger partial charge in [0.05, 0.1) is 5.69 Å². The Hall–Kier alpha value is -1.26. The van der Waals surface area contributed by atoms with Crippen LogP contribution in [0.3, 0.4) is 0 Å². The maximum atomic E-state index is 5.79. The predicted octanol–water partition coefficient (Wildman–Crippen LogP) is 2.84. The normalized spacial score (nSPS) is 12.8. The molecule has 84 valence electrons. The van der Waals surface area contributed by atoms with Crippen molar-refractivity contribution in [2.45, 2.75) is 26.8 Å². The molecule has 0 fully saturated rings. The van der Waals surface area contributed by atoms with Crippen LogP contribution in [0.4, 0.5) is 0 Å². The van der Waals surface area contributed by atoms with Gasteiger partial charge in [-0.15, -0.1) is 11.3 Å². The van der Waals surface area contributed by atoms with E-state index in [1.165, 1.54) is 5.56 Å². The highest BCUT2D eigenvalue weighted by Gasteiger charge is 2.10. The van der Waals surface area contributed by atoms with Gasteiger partial charge >= 0.3 is 0 Å². The second-order valence-electron chi connectivity index (χ2n) is 4.04. The minimum atomic E-state index is -0.0178. The van der Waals surface area contributed by atoms with Gasteiger partial charge in [0.15, 0.2) is 0 Å². The van der Waals surface area contributed by atoms with Crippen molar-refractivity contribution in [2.75, 3.05) is 0 Å². The summed E-state index contributed by atoms with van der Waals surface area (Å²) in [5.41, 5.74) is 10.0. The molecule has 1 atom stereocenters. The minimum absolute atomic E-state index is 0.0178. The van der Waals surface area contributed by atoms with Crippen molar-refractivity contribution < 1.29 is 0 Å². The Balaban J connectivity index is 2.42. The topological polar surface area (TPSA) is 51.8 Å². The number of aryl methyl sites for hydroxylation is 2. The first-order valence-electron chi connectivity index (χ1n) is 5.22. The van der Waals surface area contributed by atoms with Crippen LogP contribution in [0, 0.1) is 13.8 Å². The van der Waals surface area contributed by atoms with Gasteiger partial charge in [0, 0.05) is 17.6 Å². The Labute approximate surface area is 99.4 Å². The Kier molecular flexibility index (Phi) is 3.03. The average molecular weight is 233 g/mol. The number of rotatable bonds is 2. The fourth-order valence-electron chi connectivity index (χ4n) is 1.54. The molecule has 0 saturated carbocycles. The lowest BCUT2D eigenvalue weighted by Crippen LogP contribution is -2.05. The summed E-state index contributed by atoms with van der Waals surface area (Å²) in [6, 6.07) is 2.10. The first kappa shape index (κ1) is 11.2. The molecule has 0 spiro atoms. The van der Waals surface area contributed by atoms with Crippen LogP contribution < -0.4 is 5.73 Å². The molecule has 16 heavy (non-hydrogen) atoms. The molecule has 2 aromatic heterocycles. The Morgan fingerprint density at radius 2 is 2.12 bits per heavy atom. The molecule has 0 amide bonds. The highest BCUT2D eigenvalue weighted by Crippen LogP contribution is 2.26. The smallest absolute Gasteiger partial charge is 0.142 e. The summed E-state index contributed by atoms with van der Waals surface area (Å²) in [4.78, 5) is 8.93. The number of aromatic nitrogens is 2. The zero-order chi connectivity index (χ0) is 11.7. The Morgan fingerprint density at radius 3 is 2.69 bits per heavy atom. The maximum Gasteiger partial charge on any atom is 0.142 e. The zero-order valence-electron chi connectivity index (χ0n) is 9.69. The molecule has 2 N–H and O–H groups in total. The Bertz CT molecular complexity index is 503. The van der Waals surface area contributed by atoms with Crippen LogP contribution >= 0.6 is 11.3 Å². The number of hydrogen-bond donors (Lipinski definition) is 1. The third-order valence-electron chi connectivity index (χ3n) is 2.41. The van der Waals surface area contributed by atoms with Gasteiger partial charge in [-0.2, -0.15) is 0 Å². The lowest BCUT2D eigenvalue weighted by molar-refractivity contribution is 0.790. The zero-order valence-corrected chi connectivity index (χ0v) is 10.5. The maximum absolute atomic E-state index is 5.79. The summed E-state index contributed by atoms with van der Waals surface area (Å²) in [5.74, 6) is 0. The van der Waals surface area contributed by atoms with E-state index in [0.717, 1.165) is 22.0 Å². The molecule has 3 nitrogen and oxygen atoms in total. The molecule has 0 aliphatic rings. The second kappa shape index (κ2) is 4.31. The van der Waals surface area contributed by atoms with Crippen LogP contribution in [0.1, 0.15) is 29.8 Å². The highest BCUT2D eigenvalue weighted by molar-refractivity contribution is 7.13. The van der Waals surface area contributed by atoms with E-state index >= 15 is 0 Å². The van der Waals surface area contributed by atoms with E-state index in [2.05, 4.69) is 23.0 Å². The van der Waals surface area contributed by atoms with E-state index in [0.29, 0.717) is 0 Å². The van der Waals surface area contributed by atoms with Crippen LogP contribution in [0.15, 0.2) is 17.6 Å². The largest absolute Gasteiger partial charge is 0.323 e. The van der Waals surface area contributed by atoms with Gasteiger partial charge in [-0.1, -0.05) is 6.07 Å². The average Bonchev–Trinajstić information content (AvgIpc) is 2.66. The van der Waals surface area contributed by atoms with Crippen molar-refractivity contribution >= 4 is 11.3 Å². The fraction of sp³-hybridized carbons (Fsp3) is 0.333. The lowest BCUT2D eigenvalue weighted by Gasteiger charge is -2.02. The molecule has 2 aromatic rings. The molecular formula is C12H15N3S. The van der Waals surface area contributed by atoms with E-state index in [1.54, 1.807) is 11.3 Å². The first-order chi connectivity index (χ1) is 7.58. The van der Waals surface area contributed by atoms with Crippen LogP contribution in [0.5, 0.6) is 0 Å². The quantitative estimate of drug-likeness (QED) is 0.867. The van der Waals surface area contributed by atoms with Crippen LogP contribution in [0.2, 0.25) is 0 Å². The summed E-state index contributed by atoms with van der Waals surface area (Å²) < 4.78 is 0. The molecular weight excluding hydrogens is 218 g/mol. The number of hydrogen-bond acceptors (Lipinski definition) is 4. The van der Waals surface area contributed by atoms with E-state index in [-0.39, 0.29) is 6.04 Å². The van der Waals surface area contributed by atoms with Gasteiger partial charge in [0.2, 0.25) is 0 Å². The second-order valence-corrected chi connectivity index (χ2v) is 4.90. The van der Waals surface area contributed by atoms with Crippen LogP contribution in [-0.2, 0) is 0 Å². The molecule has 2 rings (SSSR count). The van der Waals surface area contributed by atoms with Crippen molar-refractivity contribution in [3.63, 3.8) is 0 Å². The number of nitrogens with zero attached hydrogens (tertiary/aromatic N) is 2. The predicted molar refractivity (Wildman–Crippen MR) is 67.4 cm³/mol. The minimum Gasteiger partial charge on any atom is -0.323 e. The molecule has 0 bridgehead atoms. The van der Waals surface area contributed by atoms with Gasteiger partial charge in [-0.3, -0.25) is 4.98 Å². The summed E-state index contributed by atoms with van der Waals surface area (Å²) in [7, 11) is 0. The monoisotopic (exact) mass is 233 g/mol. The van der Waals surface area contributed by atoms with E-state index in [1.807, 2.05) is 25.4 Å². The number of nitrogens with two attached hydrogens (primary N) is 1. The molecule has 0 aliphatic carbocycles. The van der Waals surface area contributed by atoms with Crippen molar-refractivity contribution in [2.24, 2.45) is 5.73 Å². The number of pyridine rings is 1. The SMILES string of the molecule is Cc1cnc(-c2nc(C(C)N)cs2)c(C)c1. The fourth-order valence-corrected chi connectivity index (χ4v) is 2.53. The van der Waals surface area contributed by atoms with Crippen LogP contribution in [-0.4, -0.2) is 9.97 Å². The van der Waals surface area contributed by atoms with Gasteiger partial charge in [0.1, 0.15) is 10.7 Å². The summed E-state index contributed by atoms with van der Waals surface area (Å²) >= 11 is 1.60. The first-order valence-corrected chi connectivity index (χ1v) is 6.10. The third kappa shape index (κ3) is 2.13. The van der Waals surface area contributed by atoms with Gasteiger partial charge in [0.25, 0.3) is 0 Å². The highest BCUT2D eigenvalue weighted by atomic mass is 32.1. The van der Waals surface area contributed by atoms with E-state index in [9.17, 15) is 0 Å². The van der Waals surface area contributed by atoms with E-state index < -0.39 is 0 Å². The molecule has 0 aliphatic heterocycles. The van der Waals surface area contributed by atoms with Crippen LogP contribution in [0.25, 0.3) is 10.7 Å². The van der Waals surface area contributed by atoms with Crippen molar-refractivity contribution in [1.29, 1.82) is 0 Å². The molecule has 0 saturated heterocycles. The summed E-state index contributed by atoms with van der Waals surface area (Å²) in [5, 5.41) is 2.95. The standard InChI is InChI=1S/C12H15N3S/c1-7-4-8(2)11(14-5-7)12-15-10(6-16-12)9(3)13/h4-6,9H,13H2,1-3H3. The van der Waals surface area contributed by atoms with Crippen molar-refractivity contribution in [3.8, 4) is 10.7 Å². The van der Waals surface area contributed by atoms with Crippen molar-refractivity contribution in [3.05, 3.63) is 34.5 Å². The van der Waals surface area contributed by atoms with Gasteiger partial charge < -0.3 is 5.73 Å². The van der Waals surface area contributed by atoms with Gasteiger partial charge in [-0.05, 0) is 31.9 Å². The molecule has 1 unspecified atom stereocenters. The molecule has 4 heteroatoms. The molecule has 2 heterocycles. The van der Waals surface area contributed by atoms with Gasteiger partial charge in [-0.25, -0.2) is 4.98 Å². The summed E-state index contributed by atoms with van der Waals surface area (Å²) in [6.07, 6.45) is 1.87. The lowest BCUT2D eigenvalue weighted by atomic mass is 10.2. The molecule has 0 aromatic carbocycles.